The fourth-order valence-corrected chi connectivity index (χ4v) is 8.63. The Kier molecular flexibility index (Phi) is 5.79. The van der Waals surface area contributed by atoms with Gasteiger partial charge in [0.15, 0.2) is 6.61 Å². The van der Waals surface area contributed by atoms with Crippen LogP contribution in [0.25, 0.3) is 0 Å². The third-order valence-electron chi connectivity index (χ3n) is 6.49. The van der Waals surface area contributed by atoms with Crippen molar-refractivity contribution in [3.63, 3.8) is 0 Å². The van der Waals surface area contributed by atoms with Crippen molar-refractivity contribution >= 4 is 62.0 Å². The zero-order chi connectivity index (χ0) is 19.9. The van der Waals surface area contributed by atoms with E-state index in [0.29, 0.717) is 41.4 Å². The zero-order valence-corrected chi connectivity index (χ0v) is 18.9. The van der Waals surface area contributed by atoms with Gasteiger partial charge in [0.1, 0.15) is 4.32 Å². The molecular weight excluding hydrogens is 464 g/mol. The molecule has 4 bridgehead atoms. The SMILES string of the molecule is O=C(COC(=O)CC12CC3CC(CC(Br)(C3)C1)C2)NCCN1C(=O)CSC1=S. The van der Waals surface area contributed by atoms with Crippen LogP contribution in [-0.4, -0.2) is 56.8 Å². The van der Waals surface area contributed by atoms with Crippen molar-refractivity contribution in [3.05, 3.63) is 0 Å². The minimum absolute atomic E-state index is 0.0317. The summed E-state index contributed by atoms with van der Waals surface area (Å²) < 4.78 is 6.02. The van der Waals surface area contributed by atoms with Crippen LogP contribution in [-0.2, 0) is 19.1 Å². The average Bonchev–Trinajstić information content (AvgIpc) is 2.89. The molecule has 1 heterocycles. The number of rotatable bonds is 7. The molecule has 154 valence electrons. The molecule has 0 aromatic rings. The average molecular weight is 489 g/mol. The van der Waals surface area contributed by atoms with Crippen LogP contribution in [0.5, 0.6) is 0 Å². The molecule has 0 aromatic heterocycles. The second-order valence-corrected chi connectivity index (χ2v) is 12.2. The van der Waals surface area contributed by atoms with Gasteiger partial charge in [0.05, 0.1) is 12.2 Å². The van der Waals surface area contributed by atoms with Crippen LogP contribution in [0, 0.1) is 17.3 Å². The molecule has 1 saturated heterocycles. The summed E-state index contributed by atoms with van der Waals surface area (Å²) in [6, 6.07) is 0. The fourth-order valence-electron chi connectivity index (χ4n) is 6.00. The first-order valence-electron chi connectivity index (χ1n) is 9.84. The van der Waals surface area contributed by atoms with E-state index >= 15 is 0 Å². The number of amides is 2. The highest BCUT2D eigenvalue weighted by Crippen LogP contribution is 2.65. The van der Waals surface area contributed by atoms with Gasteiger partial charge >= 0.3 is 5.97 Å². The molecule has 5 rings (SSSR count). The number of hydrogen-bond acceptors (Lipinski definition) is 6. The van der Waals surface area contributed by atoms with Crippen LogP contribution in [0.15, 0.2) is 0 Å². The minimum atomic E-state index is -0.346. The molecule has 2 amide bonds. The predicted octanol–water partition coefficient (Wildman–Crippen LogP) is 2.63. The Labute approximate surface area is 183 Å². The Balaban J connectivity index is 1.19. The first-order chi connectivity index (χ1) is 13.3. The van der Waals surface area contributed by atoms with Gasteiger partial charge in [0, 0.05) is 17.4 Å². The Morgan fingerprint density at radius 1 is 1.29 bits per heavy atom. The van der Waals surface area contributed by atoms with Crippen LogP contribution in [0.1, 0.15) is 44.9 Å². The summed E-state index contributed by atoms with van der Waals surface area (Å²) >= 11 is 10.4. The van der Waals surface area contributed by atoms with E-state index in [1.807, 2.05) is 0 Å². The number of halogens is 1. The van der Waals surface area contributed by atoms with Crippen LogP contribution in [0.4, 0.5) is 0 Å². The number of nitrogens with one attached hydrogen (secondary N) is 1. The normalized spacial score (nSPS) is 36.1. The van der Waals surface area contributed by atoms with E-state index in [9.17, 15) is 14.4 Å². The van der Waals surface area contributed by atoms with Crippen molar-refractivity contribution in [2.75, 3.05) is 25.4 Å². The lowest BCUT2D eigenvalue weighted by molar-refractivity contribution is -0.154. The van der Waals surface area contributed by atoms with Gasteiger partial charge in [-0.1, -0.05) is 39.9 Å². The largest absolute Gasteiger partial charge is 0.456 e. The smallest absolute Gasteiger partial charge is 0.306 e. The van der Waals surface area contributed by atoms with E-state index in [1.165, 1.54) is 35.9 Å². The van der Waals surface area contributed by atoms with Crippen molar-refractivity contribution in [2.45, 2.75) is 49.3 Å². The van der Waals surface area contributed by atoms with E-state index in [2.05, 4.69) is 21.2 Å². The lowest BCUT2D eigenvalue weighted by Gasteiger charge is -2.60. The zero-order valence-electron chi connectivity index (χ0n) is 15.7. The van der Waals surface area contributed by atoms with Crippen LogP contribution in [0.3, 0.4) is 0 Å². The summed E-state index contributed by atoms with van der Waals surface area (Å²) in [7, 11) is 0. The summed E-state index contributed by atoms with van der Waals surface area (Å²) in [5.41, 5.74) is 0.0462. The number of hydrogen-bond donors (Lipinski definition) is 1. The number of carbonyl (C=O) groups excluding carboxylic acids is 3. The molecular formula is C19H25BrN2O4S2. The second-order valence-electron chi connectivity index (χ2n) is 8.90. The van der Waals surface area contributed by atoms with Gasteiger partial charge in [-0.3, -0.25) is 19.3 Å². The van der Waals surface area contributed by atoms with Gasteiger partial charge in [0.25, 0.3) is 5.91 Å². The number of alkyl halides is 1. The Hall–Kier alpha value is -0.670. The summed E-state index contributed by atoms with van der Waals surface area (Å²) in [6.07, 6.45) is 7.42. The first-order valence-corrected chi connectivity index (χ1v) is 12.0. The maximum absolute atomic E-state index is 12.4. The molecule has 2 unspecified atom stereocenters. The molecule has 1 N–H and O–H groups in total. The highest BCUT2D eigenvalue weighted by molar-refractivity contribution is 9.10. The number of carbonyl (C=O) groups is 3. The Morgan fingerprint density at radius 2 is 2.00 bits per heavy atom. The highest BCUT2D eigenvalue weighted by Gasteiger charge is 2.57. The maximum Gasteiger partial charge on any atom is 0.306 e. The summed E-state index contributed by atoms with van der Waals surface area (Å²) in [5.74, 6) is 1.14. The maximum atomic E-state index is 12.4. The standard InChI is InChI=1S/C19H25BrN2O4S2/c20-19-6-12-3-13(7-19)5-18(4-12,11-19)8-16(25)26-9-14(23)21-1-2-22-15(24)10-28-17(22)27/h12-13H,1-11H2,(H,21,23). The van der Waals surface area contributed by atoms with Gasteiger partial charge in [-0.15, -0.1) is 0 Å². The van der Waals surface area contributed by atoms with E-state index in [0.717, 1.165) is 19.3 Å². The number of thiocarbonyl (C=S) groups is 1. The Bertz CT molecular complexity index is 686. The lowest BCUT2D eigenvalue weighted by Crippen LogP contribution is -2.53. The minimum Gasteiger partial charge on any atom is -0.456 e. The molecule has 6 nitrogen and oxygen atoms in total. The number of thioether (sulfide) groups is 1. The van der Waals surface area contributed by atoms with E-state index < -0.39 is 0 Å². The van der Waals surface area contributed by atoms with Gasteiger partial charge in [-0.25, -0.2) is 0 Å². The van der Waals surface area contributed by atoms with Gasteiger partial charge in [-0.05, 0) is 55.8 Å². The number of ether oxygens (including phenoxy) is 1. The lowest BCUT2D eigenvalue weighted by atomic mass is 9.49. The molecule has 28 heavy (non-hydrogen) atoms. The molecule has 5 aliphatic rings. The molecule has 0 spiro atoms. The third kappa shape index (κ3) is 4.41. The van der Waals surface area contributed by atoms with E-state index in [1.54, 1.807) is 0 Å². The van der Waals surface area contributed by atoms with Crippen molar-refractivity contribution in [1.82, 2.24) is 10.2 Å². The van der Waals surface area contributed by atoms with Crippen LogP contribution >= 0.6 is 39.9 Å². The molecule has 2 atom stereocenters. The second kappa shape index (κ2) is 7.87. The molecule has 4 aliphatic carbocycles. The first kappa shape index (κ1) is 20.6. The number of nitrogens with zero attached hydrogens (tertiary/aromatic N) is 1. The highest BCUT2D eigenvalue weighted by atomic mass is 79.9. The molecule has 0 aromatic carbocycles. The molecule has 9 heteroatoms. The van der Waals surface area contributed by atoms with Crippen molar-refractivity contribution in [2.24, 2.45) is 17.3 Å². The van der Waals surface area contributed by atoms with Crippen molar-refractivity contribution < 1.29 is 19.1 Å². The van der Waals surface area contributed by atoms with E-state index in [-0.39, 0.29) is 34.1 Å². The topological polar surface area (TPSA) is 75.7 Å². The van der Waals surface area contributed by atoms with Gasteiger partial charge in [0.2, 0.25) is 5.91 Å². The van der Waals surface area contributed by atoms with Gasteiger partial charge < -0.3 is 10.1 Å². The molecule has 4 saturated carbocycles. The van der Waals surface area contributed by atoms with Crippen LogP contribution < -0.4 is 5.32 Å². The van der Waals surface area contributed by atoms with E-state index in [4.69, 9.17) is 17.0 Å². The fraction of sp³-hybridized carbons (Fsp3) is 0.789. The molecule has 0 radical (unpaired) electrons. The predicted molar refractivity (Wildman–Crippen MR) is 114 cm³/mol. The summed E-state index contributed by atoms with van der Waals surface area (Å²) in [4.78, 5) is 37.5. The molecule has 5 fully saturated rings. The Morgan fingerprint density at radius 3 is 2.61 bits per heavy atom. The third-order valence-corrected chi connectivity index (χ3v) is 8.85. The summed E-state index contributed by atoms with van der Waals surface area (Å²) in [6.45, 7) is 0.375. The van der Waals surface area contributed by atoms with Crippen molar-refractivity contribution in [1.29, 1.82) is 0 Å². The monoisotopic (exact) mass is 488 g/mol. The quantitative estimate of drug-likeness (QED) is 0.337. The molecule has 1 aliphatic heterocycles. The van der Waals surface area contributed by atoms with Crippen molar-refractivity contribution in [3.8, 4) is 0 Å². The number of esters is 1. The van der Waals surface area contributed by atoms with Gasteiger partial charge in [-0.2, -0.15) is 0 Å². The van der Waals surface area contributed by atoms with Crippen LogP contribution in [0.2, 0.25) is 0 Å². The summed E-state index contributed by atoms with van der Waals surface area (Å²) in [5, 5.41) is 2.69.